The summed E-state index contributed by atoms with van der Waals surface area (Å²) in [5, 5.41) is 0. The van der Waals surface area contributed by atoms with E-state index >= 15 is 0 Å². The average molecular weight is 344 g/mol. The van der Waals surface area contributed by atoms with Crippen molar-refractivity contribution in [3.8, 4) is 0 Å². The van der Waals surface area contributed by atoms with Crippen LogP contribution in [-0.4, -0.2) is 38.6 Å². The fraction of sp³-hybridized carbons (Fsp3) is 0.619. The number of ether oxygens (including phenoxy) is 4. The predicted octanol–water partition coefficient (Wildman–Crippen LogP) is 3.76. The number of rotatable bonds is 8. The van der Waals surface area contributed by atoms with Gasteiger partial charge < -0.3 is 18.9 Å². The first-order chi connectivity index (χ1) is 12.1. The Morgan fingerprint density at radius 3 is 1.64 bits per heavy atom. The summed E-state index contributed by atoms with van der Waals surface area (Å²) in [5.41, 5.74) is 0.191. The number of allylic oxidation sites excluding steroid dienone is 6. The Kier molecular flexibility index (Phi) is 4.74. The van der Waals surface area contributed by atoms with Crippen molar-refractivity contribution in [3.63, 3.8) is 0 Å². The first-order valence-electron chi connectivity index (χ1n) is 9.37. The van der Waals surface area contributed by atoms with E-state index in [-0.39, 0.29) is 5.41 Å². The molecule has 136 valence electrons. The molecular weight excluding hydrogens is 316 g/mol. The van der Waals surface area contributed by atoms with Gasteiger partial charge in [-0.2, -0.15) is 0 Å². The van der Waals surface area contributed by atoms with E-state index < -0.39 is 0 Å². The molecule has 0 radical (unpaired) electrons. The fourth-order valence-corrected chi connectivity index (χ4v) is 3.50. The van der Waals surface area contributed by atoms with Crippen LogP contribution in [0.1, 0.15) is 26.7 Å². The predicted molar refractivity (Wildman–Crippen MR) is 95.8 cm³/mol. The highest BCUT2D eigenvalue weighted by molar-refractivity contribution is 5.24. The normalized spacial score (nSPS) is 33.5. The molecule has 2 aliphatic carbocycles. The molecule has 25 heavy (non-hydrogen) atoms. The van der Waals surface area contributed by atoms with E-state index in [1.165, 1.54) is 0 Å². The summed E-state index contributed by atoms with van der Waals surface area (Å²) in [7, 11) is 0. The molecule has 4 aliphatic rings. The van der Waals surface area contributed by atoms with E-state index in [0.29, 0.717) is 37.3 Å². The highest BCUT2D eigenvalue weighted by Crippen LogP contribution is 2.44. The fourth-order valence-electron chi connectivity index (χ4n) is 3.50. The lowest BCUT2D eigenvalue weighted by atomic mass is 9.65. The Balaban J connectivity index is 1.28. The van der Waals surface area contributed by atoms with E-state index in [9.17, 15) is 0 Å². The molecule has 0 aromatic heterocycles. The lowest BCUT2D eigenvalue weighted by molar-refractivity contribution is 0.159. The molecular formula is C21H28O4. The molecule has 0 spiro atoms. The van der Waals surface area contributed by atoms with Crippen molar-refractivity contribution in [2.45, 2.75) is 38.9 Å². The maximum Gasteiger partial charge on any atom is 0.117 e. The largest absolute Gasteiger partial charge is 0.491 e. The van der Waals surface area contributed by atoms with Crippen molar-refractivity contribution < 1.29 is 18.9 Å². The van der Waals surface area contributed by atoms with Crippen LogP contribution in [0.5, 0.6) is 0 Å². The van der Waals surface area contributed by atoms with Gasteiger partial charge in [0.15, 0.2) is 0 Å². The van der Waals surface area contributed by atoms with E-state index in [1.807, 2.05) is 0 Å². The van der Waals surface area contributed by atoms with Gasteiger partial charge in [-0.25, -0.2) is 0 Å². The monoisotopic (exact) mass is 344 g/mol. The van der Waals surface area contributed by atoms with Crippen molar-refractivity contribution >= 4 is 0 Å². The van der Waals surface area contributed by atoms with Crippen LogP contribution in [0.2, 0.25) is 0 Å². The smallest absolute Gasteiger partial charge is 0.117 e. The molecule has 2 heterocycles. The Morgan fingerprint density at radius 1 is 0.880 bits per heavy atom. The van der Waals surface area contributed by atoms with Gasteiger partial charge in [-0.05, 0) is 54.4 Å². The molecule has 4 unspecified atom stereocenters. The van der Waals surface area contributed by atoms with Crippen molar-refractivity contribution in [1.82, 2.24) is 0 Å². The van der Waals surface area contributed by atoms with Crippen LogP contribution in [0.25, 0.3) is 0 Å². The highest BCUT2D eigenvalue weighted by Gasteiger charge is 2.35. The van der Waals surface area contributed by atoms with Gasteiger partial charge >= 0.3 is 0 Å². The van der Waals surface area contributed by atoms with Crippen molar-refractivity contribution in [3.05, 3.63) is 48.0 Å². The van der Waals surface area contributed by atoms with Crippen molar-refractivity contribution in [2.24, 2.45) is 17.3 Å². The van der Waals surface area contributed by atoms with Gasteiger partial charge in [-0.3, -0.25) is 0 Å². The molecule has 0 aromatic carbocycles. The second kappa shape index (κ2) is 7.00. The van der Waals surface area contributed by atoms with Gasteiger partial charge in [-0.15, -0.1) is 0 Å². The van der Waals surface area contributed by atoms with E-state index in [4.69, 9.17) is 18.9 Å². The van der Waals surface area contributed by atoms with Crippen molar-refractivity contribution in [1.29, 1.82) is 0 Å². The summed E-state index contributed by atoms with van der Waals surface area (Å²) < 4.78 is 21.9. The maximum atomic E-state index is 5.78. The lowest BCUT2D eigenvalue weighted by Gasteiger charge is -2.40. The SMILES string of the molecule is CC(C)(C1C=CC(OCC2CO2)=CC1)C1C=CC(OCC2CO2)=CC1. The Hall–Kier alpha value is -1.52. The van der Waals surface area contributed by atoms with Crippen LogP contribution in [0.4, 0.5) is 0 Å². The summed E-state index contributed by atoms with van der Waals surface area (Å²) in [5.74, 6) is 3.00. The van der Waals surface area contributed by atoms with Gasteiger partial charge in [0.25, 0.3) is 0 Å². The quantitative estimate of drug-likeness (QED) is 0.629. The molecule has 0 bridgehead atoms. The molecule has 2 aliphatic heterocycles. The van der Waals surface area contributed by atoms with Crippen LogP contribution in [0, 0.1) is 17.3 Å². The number of hydrogen-bond donors (Lipinski definition) is 0. The molecule has 2 fully saturated rings. The van der Waals surface area contributed by atoms with Crippen LogP contribution < -0.4 is 0 Å². The van der Waals surface area contributed by atoms with E-state index in [1.54, 1.807) is 0 Å². The van der Waals surface area contributed by atoms with Crippen molar-refractivity contribution in [2.75, 3.05) is 26.4 Å². The van der Waals surface area contributed by atoms with Gasteiger partial charge in [0.1, 0.15) is 36.9 Å². The summed E-state index contributed by atoms with van der Waals surface area (Å²) >= 11 is 0. The molecule has 0 N–H and O–H groups in total. The summed E-state index contributed by atoms with van der Waals surface area (Å²) in [6, 6.07) is 0. The molecule has 2 saturated heterocycles. The van der Waals surface area contributed by atoms with Gasteiger partial charge in [0.2, 0.25) is 0 Å². The first kappa shape index (κ1) is 16.9. The zero-order chi connectivity index (χ0) is 17.3. The topological polar surface area (TPSA) is 43.5 Å². The summed E-state index contributed by atoms with van der Waals surface area (Å²) in [6.45, 7) is 7.77. The van der Waals surface area contributed by atoms with Gasteiger partial charge in [0, 0.05) is 0 Å². The average Bonchev–Trinajstić information content (AvgIpc) is 3.54. The minimum absolute atomic E-state index is 0.191. The minimum atomic E-state index is 0.191. The number of epoxide rings is 2. The third-order valence-electron chi connectivity index (χ3n) is 5.72. The molecule has 0 aromatic rings. The second-order valence-electron chi connectivity index (χ2n) is 7.97. The van der Waals surface area contributed by atoms with Crippen LogP contribution in [0.3, 0.4) is 0 Å². The Labute approximate surface area is 150 Å². The highest BCUT2D eigenvalue weighted by atomic mass is 16.6. The Bertz CT molecular complexity index is 553. The van der Waals surface area contributed by atoms with Crippen LogP contribution in [-0.2, 0) is 18.9 Å². The summed E-state index contributed by atoms with van der Waals surface area (Å²) in [6.07, 6.45) is 16.0. The zero-order valence-electron chi connectivity index (χ0n) is 15.1. The summed E-state index contributed by atoms with van der Waals surface area (Å²) in [4.78, 5) is 0. The minimum Gasteiger partial charge on any atom is -0.491 e. The number of hydrogen-bond acceptors (Lipinski definition) is 4. The van der Waals surface area contributed by atoms with Gasteiger partial charge in [0.05, 0.1) is 13.2 Å². The molecule has 4 heteroatoms. The molecule has 0 saturated carbocycles. The van der Waals surface area contributed by atoms with Crippen LogP contribution >= 0.6 is 0 Å². The molecule has 0 amide bonds. The molecule has 4 atom stereocenters. The third kappa shape index (κ3) is 4.36. The van der Waals surface area contributed by atoms with Crippen LogP contribution in [0.15, 0.2) is 48.0 Å². The first-order valence-corrected chi connectivity index (χ1v) is 9.37. The lowest BCUT2D eigenvalue weighted by Crippen LogP contribution is -2.32. The Morgan fingerprint density at radius 2 is 1.32 bits per heavy atom. The van der Waals surface area contributed by atoms with E-state index in [0.717, 1.165) is 37.6 Å². The third-order valence-corrected chi connectivity index (χ3v) is 5.72. The zero-order valence-corrected chi connectivity index (χ0v) is 15.1. The van der Waals surface area contributed by atoms with E-state index in [2.05, 4.69) is 50.3 Å². The molecule has 4 rings (SSSR count). The maximum absolute atomic E-state index is 5.78. The molecule has 4 nitrogen and oxygen atoms in total. The second-order valence-corrected chi connectivity index (χ2v) is 7.97. The standard InChI is InChI=1S/C21H28O4/c1-21(2,15-3-7-17(8-4-15)22-11-19-13-24-19)16-5-9-18(10-6-16)23-12-20-14-25-20/h3,5,7-10,15-16,19-20H,4,6,11-14H2,1-2H3. The van der Waals surface area contributed by atoms with Gasteiger partial charge in [-0.1, -0.05) is 26.0 Å².